The van der Waals surface area contributed by atoms with Crippen LogP contribution < -0.4 is 0 Å². The lowest BCUT2D eigenvalue weighted by molar-refractivity contribution is -0.174. The van der Waals surface area contributed by atoms with Gasteiger partial charge in [0.05, 0.1) is 12.5 Å². The molecule has 0 aromatic heterocycles. The van der Waals surface area contributed by atoms with Crippen LogP contribution in [-0.2, 0) is 9.53 Å². The van der Waals surface area contributed by atoms with Gasteiger partial charge >= 0.3 is 12.1 Å². The Morgan fingerprint density at radius 1 is 1.47 bits per heavy atom. The molecule has 0 amide bonds. The molecule has 0 saturated carbocycles. The van der Waals surface area contributed by atoms with E-state index >= 15 is 0 Å². The molecule has 1 atom stereocenters. The van der Waals surface area contributed by atoms with E-state index in [1.807, 2.05) is 4.90 Å². The molecule has 0 radical (unpaired) electrons. The van der Waals surface area contributed by atoms with Crippen LogP contribution in [0.2, 0.25) is 0 Å². The van der Waals surface area contributed by atoms with Crippen molar-refractivity contribution in [2.75, 3.05) is 32.8 Å². The highest BCUT2D eigenvalue weighted by atomic mass is 19.4. The number of nitrogens with zero attached hydrogens (tertiary/aromatic N) is 1. The van der Waals surface area contributed by atoms with E-state index in [0.717, 1.165) is 13.0 Å². The normalized spacial score (nSPS) is 22.6. The van der Waals surface area contributed by atoms with Crippen LogP contribution in [0.4, 0.5) is 13.2 Å². The Morgan fingerprint density at radius 3 is 2.76 bits per heavy atom. The molecule has 100 valence electrons. The number of alkyl halides is 3. The minimum absolute atomic E-state index is 0.0220. The second-order valence-electron chi connectivity index (χ2n) is 4.15. The van der Waals surface area contributed by atoms with Crippen molar-refractivity contribution < 1.29 is 27.8 Å². The fraction of sp³-hybridized carbons (Fsp3) is 0.900. The first kappa shape index (κ1) is 14.2. The SMILES string of the molecule is O=C(O)C1CCCN(CCOCC(F)(F)F)C1. The van der Waals surface area contributed by atoms with Crippen molar-refractivity contribution in [1.29, 1.82) is 0 Å². The zero-order valence-electron chi connectivity index (χ0n) is 9.37. The third kappa shape index (κ3) is 5.88. The van der Waals surface area contributed by atoms with Gasteiger partial charge in [0.2, 0.25) is 0 Å². The van der Waals surface area contributed by atoms with Crippen LogP contribution >= 0.6 is 0 Å². The Morgan fingerprint density at radius 2 is 2.18 bits per heavy atom. The lowest BCUT2D eigenvalue weighted by atomic mass is 9.98. The van der Waals surface area contributed by atoms with Gasteiger partial charge in [0.1, 0.15) is 6.61 Å². The monoisotopic (exact) mass is 255 g/mol. The highest BCUT2D eigenvalue weighted by molar-refractivity contribution is 5.70. The molecule has 1 rings (SSSR count). The number of carboxylic acid groups (broad SMARTS) is 1. The highest BCUT2D eigenvalue weighted by Gasteiger charge is 2.28. The molecule has 0 aliphatic carbocycles. The van der Waals surface area contributed by atoms with Crippen LogP contribution in [-0.4, -0.2) is 55.0 Å². The van der Waals surface area contributed by atoms with Gasteiger partial charge in [-0.2, -0.15) is 13.2 Å². The molecule has 4 nitrogen and oxygen atoms in total. The van der Waals surface area contributed by atoms with E-state index in [9.17, 15) is 18.0 Å². The molecular weight excluding hydrogens is 239 g/mol. The molecule has 1 saturated heterocycles. The molecule has 1 fully saturated rings. The van der Waals surface area contributed by atoms with E-state index in [1.54, 1.807) is 0 Å². The van der Waals surface area contributed by atoms with Gasteiger partial charge in [0.25, 0.3) is 0 Å². The summed E-state index contributed by atoms with van der Waals surface area (Å²) in [5, 5.41) is 8.83. The number of likely N-dealkylation sites (tertiary alicyclic amines) is 1. The van der Waals surface area contributed by atoms with Crippen molar-refractivity contribution in [2.45, 2.75) is 19.0 Å². The summed E-state index contributed by atoms with van der Waals surface area (Å²) in [6.45, 7) is 0.193. The largest absolute Gasteiger partial charge is 0.481 e. The van der Waals surface area contributed by atoms with Gasteiger partial charge in [-0.25, -0.2) is 0 Å². The second-order valence-corrected chi connectivity index (χ2v) is 4.15. The number of hydrogen-bond acceptors (Lipinski definition) is 3. The first-order chi connectivity index (χ1) is 7.88. The zero-order chi connectivity index (χ0) is 12.9. The third-order valence-electron chi connectivity index (χ3n) is 2.67. The minimum Gasteiger partial charge on any atom is -0.481 e. The van der Waals surface area contributed by atoms with Gasteiger partial charge < -0.3 is 14.7 Å². The predicted octanol–water partition coefficient (Wildman–Crippen LogP) is 1.36. The van der Waals surface area contributed by atoms with E-state index < -0.39 is 24.7 Å². The van der Waals surface area contributed by atoms with Crippen molar-refractivity contribution in [3.8, 4) is 0 Å². The number of piperidine rings is 1. The summed E-state index contributed by atoms with van der Waals surface area (Å²) in [5.41, 5.74) is 0. The first-order valence-corrected chi connectivity index (χ1v) is 5.48. The van der Waals surface area contributed by atoms with Gasteiger partial charge in [0.15, 0.2) is 0 Å². The van der Waals surface area contributed by atoms with Crippen molar-refractivity contribution >= 4 is 5.97 Å². The summed E-state index contributed by atoms with van der Waals surface area (Å²) in [7, 11) is 0. The molecule has 1 unspecified atom stereocenters. The smallest absolute Gasteiger partial charge is 0.411 e. The maximum Gasteiger partial charge on any atom is 0.411 e. The minimum atomic E-state index is -4.30. The maximum absolute atomic E-state index is 11.8. The predicted molar refractivity (Wildman–Crippen MR) is 53.7 cm³/mol. The van der Waals surface area contributed by atoms with Gasteiger partial charge in [-0.3, -0.25) is 4.79 Å². The number of hydrogen-bond donors (Lipinski definition) is 1. The summed E-state index contributed by atoms with van der Waals surface area (Å²) in [6, 6.07) is 0. The Kier molecular flexibility index (Phi) is 5.20. The van der Waals surface area contributed by atoms with Gasteiger partial charge in [-0.05, 0) is 19.4 Å². The van der Waals surface area contributed by atoms with Crippen molar-refractivity contribution in [3.63, 3.8) is 0 Å². The van der Waals surface area contributed by atoms with E-state index in [-0.39, 0.29) is 6.61 Å². The molecule has 1 aliphatic heterocycles. The Bertz CT molecular complexity index is 258. The summed E-state index contributed by atoms with van der Waals surface area (Å²) >= 11 is 0. The molecule has 7 heteroatoms. The van der Waals surface area contributed by atoms with Crippen molar-refractivity contribution in [2.24, 2.45) is 5.92 Å². The fourth-order valence-electron chi connectivity index (χ4n) is 1.84. The third-order valence-corrected chi connectivity index (χ3v) is 2.67. The van der Waals surface area contributed by atoms with Gasteiger partial charge in [0, 0.05) is 13.1 Å². The number of carbonyl (C=O) groups is 1. The Balaban J connectivity index is 2.17. The van der Waals surface area contributed by atoms with Crippen LogP contribution in [0.15, 0.2) is 0 Å². The van der Waals surface area contributed by atoms with E-state index in [1.165, 1.54) is 0 Å². The summed E-state index contributed by atoms with van der Waals surface area (Å²) in [4.78, 5) is 12.6. The lowest BCUT2D eigenvalue weighted by Gasteiger charge is -2.30. The molecule has 0 bridgehead atoms. The number of rotatable bonds is 5. The van der Waals surface area contributed by atoms with Crippen molar-refractivity contribution in [1.82, 2.24) is 4.90 Å². The van der Waals surface area contributed by atoms with Crippen LogP contribution in [0.5, 0.6) is 0 Å². The number of ether oxygens (including phenoxy) is 1. The standard InChI is InChI=1S/C10H16F3NO3/c11-10(12,13)7-17-5-4-14-3-1-2-8(6-14)9(15)16/h8H,1-7H2,(H,15,16). The Labute approximate surface area is 97.3 Å². The van der Waals surface area contributed by atoms with Gasteiger partial charge in [-0.1, -0.05) is 0 Å². The average molecular weight is 255 g/mol. The van der Waals surface area contributed by atoms with Crippen LogP contribution in [0.25, 0.3) is 0 Å². The molecule has 1 N–H and O–H groups in total. The van der Waals surface area contributed by atoms with E-state index in [2.05, 4.69) is 4.74 Å². The number of aliphatic carboxylic acids is 1. The topological polar surface area (TPSA) is 49.8 Å². The second kappa shape index (κ2) is 6.20. The summed E-state index contributed by atoms with van der Waals surface area (Å²) < 4.78 is 39.8. The molecule has 17 heavy (non-hydrogen) atoms. The maximum atomic E-state index is 11.8. The number of carboxylic acids is 1. The van der Waals surface area contributed by atoms with E-state index in [4.69, 9.17) is 5.11 Å². The van der Waals surface area contributed by atoms with Crippen LogP contribution in [0.1, 0.15) is 12.8 Å². The first-order valence-electron chi connectivity index (χ1n) is 5.48. The molecule has 0 spiro atoms. The molecule has 1 heterocycles. The zero-order valence-corrected chi connectivity index (χ0v) is 9.37. The average Bonchev–Trinajstić information content (AvgIpc) is 2.23. The quantitative estimate of drug-likeness (QED) is 0.754. The molecular formula is C10H16F3NO3. The summed E-state index contributed by atoms with van der Waals surface area (Å²) in [6.07, 6.45) is -2.91. The van der Waals surface area contributed by atoms with Crippen molar-refractivity contribution in [3.05, 3.63) is 0 Å². The van der Waals surface area contributed by atoms with Crippen LogP contribution in [0, 0.1) is 5.92 Å². The fourth-order valence-corrected chi connectivity index (χ4v) is 1.84. The Hall–Kier alpha value is -0.820. The van der Waals surface area contributed by atoms with Crippen LogP contribution in [0.3, 0.4) is 0 Å². The lowest BCUT2D eigenvalue weighted by Crippen LogP contribution is -2.40. The van der Waals surface area contributed by atoms with E-state index in [0.29, 0.717) is 19.5 Å². The number of halogens is 3. The summed E-state index contributed by atoms with van der Waals surface area (Å²) in [5.74, 6) is -1.25. The molecule has 1 aliphatic rings. The molecule has 0 aromatic carbocycles. The molecule has 0 aromatic rings. The highest BCUT2D eigenvalue weighted by Crippen LogP contribution is 2.17. The van der Waals surface area contributed by atoms with Gasteiger partial charge in [-0.15, -0.1) is 0 Å².